The number of nitrogens with zero attached hydrogens (tertiary/aromatic N) is 1. The minimum Gasteiger partial charge on any atom is -0.373 e. The molecule has 1 aliphatic heterocycles. The van der Waals surface area contributed by atoms with E-state index >= 15 is 0 Å². The Balaban J connectivity index is 1.66. The van der Waals surface area contributed by atoms with Gasteiger partial charge < -0.3 is 10.1 Å². The number of sulfonamides is 1. The van der Waals surface area contributed by atoms with E-state index in [4.69, 9.17) is 4.74 Å². The fourth-order valence-electron chi connectivity index (χ4n) is 3.22. The van der Waals surface area contributed by atoms with Gasteiger partial charge in [-0.3, -0.25) is 4.79 Å². The monoisotopic (exact) mass is 406 g/mol. The lowest BCUT2D eigenvalue weighted by atomic mass is 10.1. The molecule has 1 saturated heterocycles. The quantitative estimate of drug-likeness (QED) is 0.829. The van der Waals surface area contributed by atoms with Crippen molar-refractivity contribution in [3.05, 3.63) is 59.9 Å². The summed E-state index contributed by atoms with van der Waals surface area (Å²) < 4.78 is 45.9. The molecule has 1 heterocycles. The number of carbonyl (C=O) groups excluding carboxylic acids is 1. The van der Waals surface area contributed by atoms with Crippen LogP contribution in [0.15, 0.2) is 53.4 Å². The molecule has 0 saturated carbocycles. The van der Waals surface area contributed by atoms with Gasteiger partial charge in [-0.25, -0.2) is 12.8 Å². The molecule has 1 aliphatic rings. The smallest absolute Gasteiger partial charge is 0.243 e. The predicted molar refractivity (Wildman–Crippen MR) is 104 cm³/mol. The van der Waals surface area contributed by atoms with Gasteiger partial charge in [0.05, 0.1) is 23.5 Å². The van der Waals surface area contributed by atoms with Crippen molar-refractivity contribution < 1.29 is 22.3 Å². The molecular weight excluding hydrogens is 383 g/mol. The van der Waals surface area contributed by atoms with E-state index < -0.39 is 15.8 Å². The Morgan fingerprint density at radius 2 is 1.79 bits per heavy atom. The predicted octanol–water partition coefficient (Wildman–Crippen LogP) is 2.80. The summed E-state index contributed by atoms with van der Waals surface area (Å²) in [4.78, 5) is 12.3. The van der Waals surface area contributed by atoms with Crippen molar-refractivity contribution >= 4 is 21.6 Å². The molecule has 3 rings (SSSR count). The Hall–Kier alpha value is -2.29. The second-order valence-electron chi connectivity index (χ2n) is 6.96. The lowest BCUT2D eigenvalue weighted by Crippen LogP contribution is -2.48. The van der Waals surface area contributed by atoms with Gasteiger partial charge in [0.15, 0.2) is 0 Å². The summed E-state index contributed by atoms with van der Waals surface area (Å²) in [6.45, 7) is 4.29. The molecule has 2 unspecified atom stereocenters. The van der Waals surface area contributed by atoms with Crippen LogP contribution in [0.2, 0.25) is 0 Å². The highest BCUT2D eigenvalue weighted by molar-refractivity contribution is 7.89. The molecule has 1 amide bonds. The minimum absolute atomic E-state index is 0.0291. The van der Waals surface area contributed by atoms with Crippen LogP contribution in [0.1, 0.15) is 19.4 Å². The van der Waals surface area contributed by atoms with Gasteiger partial charge >= 0.3 is 0 Å². The number of amides is 1. The van der Waals surface area contributed by atoms with Crippen LogP contribution in [0, 0.1) is 5.82 Å². The van der Waals surface area contributed by atoms with E-state index in [1.54, 1.807) is 24.3 Å². The molecule has 0 spiro atoms. The van der Waals surface area contributed by atoms with Crippen LogP contribution in [0.5, 0.6) is 0 Å². The summed E-state index contributed by atoms with van der Waals surface area (Å²) in [6.07, 6.45) is -0.304. The summed E-state index contributed by atoms with van der Waals surface area (Å²) >= 11 is 0. The van der Waals surface area contributed by atoms with Crippen LogP contribution in [0.3, 0.4) is 0 Å². The van der Waals surface area contributed by atoms with Gasteiger partial charge in [0.2, 0.25) is 15.9 Å². The van der Waals surface area contributed by atoms with Gasteiger partial charge in [-0.2, -0.15) is 4.31 Å². The van der Waals surface area contributed by atoms with Gasteiger partial charge in [0.1, 0.15) is 5.82 Å². The first kappa shape index (κ1) is 20.4. The highest BCUT2D eigenvalue weighted by Crippen LogP contribution is 2.22. The van der Waals surface area contributed by atoms with Crippen LogP contribution in [0.4, 0.5) is 10.1 Å². The Kier molecular flexibility index (Phi) is 6.12. The summed E-state index contributed by atoms with van der Waals surface area (Å²) in [7, 11) is -3.63. The van der Waals surface area contributed by atoms with Crippen molar-refractivity contribution in [1.29, 1.82) is 0 Å². The number of halogens is 1. The van der Waals surface area contributed by atoms with Crippen molar-refractivity contribution in [3.8, 4) is 0 Å². The number of morpholine rings is 1. The molecule has 0 radical (unpaired) electrons. The van der Waals surface area contributed by atoms with E-state index in [9.17, 15) is 17.6 Å². The minimum atomic E-state index is -3.63. The van der Waals surface area contributed by atoms with Crippen molar-refractivity contribution in [3.63, 3.8) is 0 Å². The summed E-state index contributed by atoms with van der Waals surface area (Å²) in [6, 6.07) is 11.9. The summed E-state index contributed by atoms with van der Waals surface area (Å²) in [5.41, 5.74) is 1.04. The van der Waals surface area contributed by atoms with Crippen LogP contribution < -0.4 is 5.32 Å². The SMILES string of the molecule is CC1CN(S(=O)(=O)c2ccc(NC(=O)Cc3cccc(F)c3)cc2)CC(C)O1. The van der Waals surface area contributed by atoms with Crippen molar-refractivity contribution in [2.75, 3.05) is 18.4 Å². The Morgan fingerprint density at radius 1 is 1.14 bits per heavy atom. The average Bonchev–Trinajstić information content (AvgIpc) is 2.61. The summed E-state index contributed by atoms with van der Waals surface area (Å²) in [5.74, 6) is -0.705. The van der Waals surface area contributed by atoms with E-state index in [2.05, 4.69) is 5.32 Å². The normalized spacial score (nSPS) is 20.7. The van der Waals surface area contributed by atoms with Gasteiger partial charge in [0, 0.05) is 18.8 Å². The van der Waals surface area contributed by atoms with Crippen LogP contribution in [-0.2, 0) is 26.0 Å². The fraction of sp³-hybridized carbons (Fsp3) is 0.350. The lowest BCUT2D eigenvalue weighted by Gasteiger charge is -2.34. The molecule has 1 fully saturated rings. The number of hydrogen-bond acceptors (Lipinski definition) is 4. The number of benzene rings is 2. The van der Waals surface area contributed by atoms with E-state index in [0.717, 1.165) is 0 Å². The van der Waals surface area contributed by atoms with Gasteiger partial charge in [-0.05, 0) is 55.8 Å². The van der Waals surface area contributed by atoms with E-state index in [1.807, 2.05) is 13.8 Å². The molecule has 6 nitrogen and oxygen atoms in total. The molecule has 0 aliphatic carbocycles. The standard InChI is InChI=1S/C20H23FN2O4S/c1-14-12-23(13-15(2)27-14)28(25,26)19-8-6-18(7-9-19)22-20(24)11-16-4-3-5-17(21)10-16/h3-10,14-15H,11-13H2,1-2H3,(H,22,24). The number of hydrogen-bond donors (Lipinski definition) is 1. The topological polar surface area (TPSA) is 75.7 Å². The molecule has 2 atom stereocenters. The molecule has 8 heteroatoms. The lowest BCUT2D eigenvalue weighted by molar-refractivity contribution is -0.115. The fourth-order valence-corrected chi connectivity index (χ4v) is 4.81. The molecule has 150 valence electrons. The number of anilines is 1. The first-order valence-corrected chi connectivity index (χ1v) is 10.5. The zero-order valence-corrected chi connectivity index (χ0v) is 16.6. The van der Waals surface area contributed by atoms with Crippen molar-refractivity contribution in [2.45, 2.75) is 37.4 Å². The van der Waals surface area contributed by atoms with E-state index in [1.165, 1.54) is 28.6 Å². The number of ether oxygens (including phenoxy) is 1. The maximum absolute atomic E-state index is 13.2. The van der Waals surface area contributed by atoms with Crippen molar-refractivity contribution in [1.82, 2.24) is 4.31 Å². The van der Waals surface area contributed by atoms with Gasteiger partial charge in [0.25, 0.3) is 0 Å². The third-order valence-corrected chi connectivity index (χ3v) is 6.26. The largest absolute Gasteiger partial charge is 0.373 e. The van der Waals surface area contributed by atoms with Gasteiger partial charge in [-0.1, -0.05) is 12.1 Å². The molecule has 28 heavy (non-hydrogen) atoms. The highest BCUT2D eigenvalue weighted by Gasteiger charge is 2.32. The molecule has 0 bridgehead atoms. The van der Waals surface area contributed by atoms with Crippen LogP contribution in [-0.4, -0.2) is 43.9 Å². The maximum Gasteiger partial charge on any atom is 0.243 e. The van der Waals surface area contributed by atoms with Gasteiger partial charge in [-0.15, -0.1) is 0 Å². The first-order chi connectivity index (χ1) is 13.2. The zero-order chi connectivity index (χ0) is 20.3. The molecule has 0 aromatic heterocycles. The zero-order valence-electron chi connectivity index (χ0n) is 15.8. The maximum atomic E-state index is 13.2. The molecule has 2 aromatic rings. The number of carbonyl (C=O) groups is 1. The summed E-state index contributed by atoms with van der Waals surface area (Å²) in [5, 5.41) is 2.69. The molecule has 1 N–H and O–H groups in total. The number of nitrogens with one attached hydrogen (secondary N) is 1. The molecule has 2 aromatic carbocycles. The Labute approximate surface area is 164 Å². The highest BCUT2D eigenvalue weighted by atomic mass is 32.2. The van der Waals surface area contributed by atoms with E-state index in [0.29, 0.717) is 24.3 Å². The van der Waals surface area contributed by atoms with Crippen molar-refractivity contribution in [2.24, 2.45) is 0 Å². The number of rotatable bonds is 5. The average molecular weight is 406 g/mol. The Morgan fingerprint density at radius 3 is 2.39 bits per heavy atom. The van der Waals surface area contributed by atoms with Crippen LogP contribution in [0.25, 0.3) is 0 Å². The van der Waals surface area contributed by atoms with Crippen LogP contribution >= 0.6 is 0 Å². The molecular formula is C20H23FN2O4S. The third kappa shape index (κ3) is 4.95. The second-order valence-corrected chi connectivity index (χ2v) is 8.90. The second kappa shape index (κ2) is 8.38. The Bertz CT molecular complexity index is 937. The first-order valence-electron chi connectivity index (χ1n) is 9.04. The van der Waals surface area contributed by atoms with E-state index in [-0.39, 0.29) is 29.4 Å². The third-order valence-electron chi connectivity index (χ3n) is 4.42.